The van der Waals surface area contributed by atoms with Gasteiger partial charge in [-0.25, -0.2) is 0 Å². The minimum Gasteiger partial charge on any atom is -0.507 e. The van der Waals surface area contributed by atoms with E-state index in [1.165, 1.54) is 0 Å². The molecule has 1 aromatic rings. The summed E-state index contributed by atoms with van der Waals surface area (Å²) in [6, 6.07) is 3.55. The molecule has 0 heterocycles. The van der Waals surface area contributed by atoms with Crippen LogP contribution in [0.15, 0.2) is 12.1 Å². The highest BCUT2D eigenvalue weighted by molar-refractivity contribution is 5.66. The fraction of sp³-hybridized carbons (Fsp3) is 0.417. The van der Waals surface area contributed by atoms with Gasteiger partial charge in [0.05, 0.1) is 7.11 Å². The van der Waals surface area contributed by atoms with Gasteiger partial charge in [0.2, 0.25) is 0 Å². The molecule has 88 valence electrons. The molecule has 2 N–H and O–H groups in total. The maximum Gasteiger partial charge on any atom is 0.303 e. The molecule has 4 heteroatoms. The van der Waals surface area contributed by atoms with Crippen molar-refractivity contribution in [2.45, 2.75) is 26.2 Å². The van der Waals surface area contributed by atoms with Crippen LogP contribution in [0.2, 0.25) is 0 Å². The van der Waals surface area contributed by atoms with Crippen LogP contribution >= 0.6 is 0 Å². The molecular weight excluding hydrogens is 208 g/mol. The molecule has 1 rings (SSSR count). The van der Waals surface area contributed by atoms with Gasteiger partial charge in [0.25, 0.3) is 0 Å². The molecule has 0 amide bonds. The first-order valence-corrected chi connectivity index (χ1v) is 5.13. The van der Waals surface area contributed by atoms with Crippen LogP contribution in [0.1, 0.15) is 24.0 Å². The minimum absolute atomic E-state index is 0.116. The molecule has 0 aliphatic heterocycles. The second-order valence-corrected chi connectivity index (χ2v) is 3.65. The Bertz CT molecular complexity index is 385. The average molecular weight is 224 g/mol. The van der Waals surface area contributed by atoms with Crippen LogP contribution in [-0.2, 0) is 11.2 Å². The summed E-state index contributed by atoms with van der Waals surface area (Å²) in [7, 11) is 1.55. The van der Waals surface area contributed by atoms with Crippen molar-refractivity contribution in [1.29, 1.82) is 0 Å². The van der Waals surface area contributed by atoms with Crippen LogP contribution in [0.25, 0.3) is 0 Å². The summed E-state index contributed by atoms with van der Waals surface area (Å²) in [6.45, 7) is 1.77. The zero-order valence-corrected chi connectivity index (χ0v) is 9.49. The van der Waals surface area contributed by atoms with E-state index in [1.807, 2.05) is 0 Å². The molecule has 0 spiro atoms. The number of hydrogen-bond acceptors (Lipinski definition) is 3. The van der Waals surface area contributed by atoms with Gasteiger partial charge in [0.15, 0.2) is 0 Å². The monoisotopic (exact) mass is 224 g/mol. The van der Waals surface area contributed by atoms with E-state index in [0.29, 0.717) is 24.2 Å². The number of ether oxygens (including phenoxy) is 1. The lowest BCUT2D eigenvalue weighted by Crippen LogP contribution is -1.97. The van der Waals surface area contributed by atoms with Crippen LogP contribution in [0.4, 0.5) is 0 Å². The number of aromatic hydroxyl groups is 1. The van der Waals surface area contributed by atoms with Gasteiger partial charge < -0.3 is 14.9 Å². The van der Waals surface area contributed by atoms with Crippen LogP contribution < -0.4 is 4.74 Å². The third kappa shape index (κ3) is 2.89. The molecule has 0 aliphatic carbocycles. The third-order valence-corrected chi connectivity index (χ3v) is 2.52. The van der Waals surface area contributed by atoms with Crippen molar-refractivity contribution in [1.82, 2.24) is 0 Å². The summed E-state index contributed by atoms with van der Waals surface area (Å²) < 4.78 is 5.07. The number of carboxylic acid groups (broad SMARTS) is 1. The van der Waals surface area contributed by atoms with E-state index in [4.69, 9.17) is 9.84 Å². The molecule has 16 heavy (non-hydrogen) atoms. The van der Waals surface area contributed by atoms with E-state index < -0.39 is 5.97 Å². The van der Waals surface area contributed by atoms with Crippen LogP contribution in [0.5, 0.6) is 11.5 Å². The SMILES string of the molecule is COc1ccc(CCCC(=O)O)c(O)c1C. The van der Waals surface area contributed by atoms with Crippen molar-refractivity contribution in [3.8, 4) is 11.5 Å². The molecule has 0 unspecified atom stereocenters. The van der Waals surface area contributed by atoms with Gasteiger partial charge in [0, 0.05) is 12.0 Å². The maximum atomic E-state index is 10.4. The lowest BCUT2D eigenvalue weighted by Gasteiger charge is -2.10. The van der Waals surface area contributed by atoms with Gasteiger partial charge in [-0.15, -0.1) is 0 Å². The Hall–Kier alpha value is -1.71. The van der Waals surface area contributed by atoms with E-state index in [9.17, 15) is 9.90 Å². The van der Waals surface area contributed by atoms with E-state index in [1.54, 1.807) is 26.2 Å². The molecule has 4 nitrogen and oxygen atoms in total. The number of methoxy groups -OCH3 is 1. The highest BCUT2D eigenvalue weighted by Crippen LogP contribution is 2.30. The van der Waals surface area contributed by atoms with Gasteiger partial charge in [0.1, 0.15) is 11.5 Å². The van der Waals surface area contributed by atoms with Gasteiger partial charge in [-0.05, 0) is 31.4 Å². The fourth-order valence-corrected chi connectivity index (χ4v) is 1.59. The van der Waals surface area contributed by atoms with E-state index >= 15 is 0 Å². The van der Waals surface area contributed by atoms with Crippen LogP contribution in [-0.4, -0.2) is 23.3 Å². The third-order valence-electron chi connectivity index (χ3n) is 2.52. The Labute approximate surface area is 94.5 Å². The van der Waals surface area contributed by atoms with Crippen molar-refractivity contribution >= 4 is 5.97 Å². The number of aliphatic carboxylic acids is 1. The number of aryl methyl sites for hydroxylation is 1. The van der Waals surface area contributed by atoms with Gasteiger partial charge >= 0.3 is 5.97 Å². The van der Waals surface area contributed by atoms with E-state index in [-0.39, 0.29) is 12.2 Å². The van der Waals surface area contributed by atoms with Gasteiger partial charge in [-0.1, -0.05) is 6.07 Å². The fourth-order valence-electron chi connectivity index (χ4n) is 1.59. The molecule has 1 aromatic carbocycles. The first-order chi connectivity index (χ1) is 7.56. The smallest absolute Gasteiger partial charge is 0.303 e. The number of hydrogen-bond donors (Lipinski definition) is 2. The Morgan fingerprint density at radius 3 is 2.69 bits per heavy atom. The predicted octanol–water partition coefficient (Wildman–Crippen LogP) is 2.12. The zero-order chi connectivity index (χ0) is 12.1. The summed E-state index contributed by atoms with van der Waals surface area (Å²) in [5.41, 5.74) is 1.45. The van der Waals surface area contributed by atoms with Crippen molar-refractivity contribution in [3.05, 3.63) is 23.3 Å². The zero-order valence-electron chi connectivity index (χ0n) is 9.49. The summed E-state index contributed by atoms with van der Waals surface area (Å²) in [4.78, 5) is 10.4. The molecule has 0 aliphatic rings. The summed E-state index contributed by atoms with van der Waals surface area (Å²) in [5, 5.41) is 18.4. The number of benzene rings is 1. The molecule has 0 atom stereocenters. The number of phenols is 1. The number of carbonyl (C=O) groups is 1. The lowest BCUT2D eigenvalue weighted by molar-refractivity contribution is -0.137. The second kappa shape index (κ2) is 5.39. The minimum atomic E-state index is -0.815. The molecule has 0 fully saturated rings. The van der Waals surface area contributed by atoms with E-state index in [2.05, 4.69) is 0 Å². The topological polar surface area (TPSA) is 66.8 Å². The van der Waals surface area contributed by atoms with Crippen molar-refractivity contribution in [2.75, 3.05) is 7.11 Å². The molecule has 0 saturated carbocycles. The van der Waals surface area contributed by atoms with Crippen LogP contribution in [0.3, 0.4) is 0 Å². The quantitative estimate of drug-likeness (QED) is 0.803. The van der Waals surface area contributed by atoms with Crippen LogP contribution in [0, 0.1) is 6.92 Å². The molecule has 0 aromatic heterocycles. The maximum absolute atomic E-state index is 10.4. The lowest BCUT2D eigenvalue weighted by atomic mass is 10.0. The first-order valence-electron chi connectivity index (χ1n) is 5.13. The van der Waals surface area contributed by atoms with Crippen molar-refractivity contribution < 1.29 is 19.7 Å². The first kappa shape index (κ1) is 12.4. The number of phenolic OH excluding ortho intramolecular Hbond substituents is 1. The largest absolute Gasteiger partial charge is 0.507 e. The Kier molecular flexibility index (Phi) is 4.17. The highest BCUT2D eigenvalue weighted by atomic mass is 16.5. The molecule has 0 saturated heterocycles. The standard InChI is InChI=1S/C12H16O4/c1-8-10(16-2)7-6-9(12(8)15)4-3-5-11(13)14/h6-7,15H,3-5H2,1-2H3,(H,13,14). The summed E-state index contributed by atoms with van der Waals surface area (Å²) in [5.74, 6) is 0.0222. The average Bonchev–Trinajstić information content (AvgIpc) is 2.24. The Morgan fingerprint density at radius 2 is 2.12 bits per heavy atom. The molecule has 0 bridgehead atoms. The van der Waals surface area contributed by atoms with Gasteiger partial charge in [-0.2, -0.15) is 0 Å². The van der Waals surface area contributed by atoms with Crippen molar-refractivity contribution in [3.63, 3.8) is 0 Å². The predicted molar refractivity (Wildman–Crippen MR) is 60.0 cm³/mol. The summed E-state index contributed by atoms with van der Waals surface area (Å²) in [6.07, 6.45) is 1.20. The van der Waals surface area contributed by atoms with Crippen molar-refractivity contribution in [2.24, 2.45) is 0 Å². The number of rotatable bonds is 5. The summed E-state index contributed by atoms with van der Waals surface area (Å²) >= 11 is 0. The van der Waals surface area contributed by atoms with Gasteiger partial charge in [-0.3, -0.25) is 4.79 Å². The Morgan fingerprint density at radius 1 is 1.44 bits per heavy atom. The normalized spacial score (nSPS) is 10.1. The Balaban J connectivity index is 2.74. The molecular formula is C12H16O4. The number of carboxylic acids is 1. The highest BCUT2D eigenvalue weighted by Gasteiger charge is 2.09. The molecule has 0 radical (unpaired) electrons. The second-order valence-electron chi connectivity index (χ2n) is 3.65. The van der Waals surface area contributed by atoms with E-state index in [0.717, 1.165) is 5.56 Å².